The summed E-state index contributed by atoms with van der Waals surface area (Å²) in [6.07, 6.45) is 5.25. The number of fused-ring (bicyclic) bond motifs is 5. The van der Waals surface area contributed by atoms with E-state index in [0.29, 0.717) is 23.6 Å². The number of hydrogen-bond donors (Lipinski definition) is 3. The van der Waals surface area contributed by atoms with E-state index in [1.54, 1.807) is 6.07 Å². The Bertz CT molecular complexity index is 804. The normalized spacial score (nSPS) is 31.5. The molecule has 0 saturated carbocycles. The molecule has 1 amide bonds. The molecule has 3 saturated heterocycles. The molecule has 7 nitrogen and oxygen atoms in total. The first-order valence-electron chi connectivity index (χ1n) is 9.85. The Hall–Kier alpha value is -1.99. The maximum Gasteiger partial charge on any atom is 0.251 e. The third kappa shape index (κ3) is 2.79. The van der Waals surface area contributed by atoms with Crippen LogP contribution in [0, 0.1) is 11.8 Å². The van der Waals surface area contributed by atoms with E-state index in [-0.39, 0.29) is 5.91 Å². The molecule has 26 heavy (non-hydrogen) atoms. The van der Waals surface area contributed by atoms with Gasteiger partial charge in [-0.05, 0) is 68.9 Å². The van der Waals surface area contributed by atoms with Crippen LogP contribution < -0.4 is 10.6 Å². The Labute approximate surface area is 152 Å². The maximum absolute atomic E-state index is 12.7. The first kappa shape index (κ1) is 16.2. The number of carbonyl (C=O) groups excluding carboxylic acids is 1. The predicted octanol–water partition coefficient (Wildman–Crippen LogP) is 1.15. The van der Waals surface area contributed by atoms with Crippen LogP contribution in [-0.2, 0) is 0 Å². The molecule has 138 valence electrons. The molecule has 3 fully saturated rings. The van der Waals surface area contributed by atoms with Crippen LogP contribution in [0.1, 0.15) is 36.0 Å². The summed E-state index contributed by atoms with van der Waals surface area (Å²) in [6, 6.07) is 6.61. The molecule has 2 aromatic rings. The number of hydrogen-bond acceptors (Lipinski definition) is 5. The quantitative estimate of drug-likeness (QED) is 0.770. The third-order valence-corrected chi connectivity index (χ3v) is 6.58. The number of aromatic amines is 1. The molecule has 0 aliphatic carbocycles. The van der Waals surface area contributed by atoms with Gasteiger partial charge in [0.2, 0.25) is 0 Å². The Morgan fingerprint density at radius 3 is 3.04 bits per heavy atom. The molecule has 3 aliphatic rings. The summed E-state index contributed by atoms with van der Waals surface area (Å²) in [5.41, 5.74) is 2.16. The second-order valence-electron chi connectivity index (χ2n) is 8.02. The molecule has 1 aromatic carbocycles. The summed E-state index contributed by atoms with van der Waals surface area (Å²) in [4.78, 5) is 15.4. The molecule has 0 radical (unpaired) electrons. The van der Waals surface area contributed by atoms with Crippen molar-refractivity contribution in [2.24, 2.45) is 11.8 Å². The molecular weight excluding hydrogens is 328 g/mol. The third-order valence-electron chi connectivity index (χ3n) is 6.58. The van der Waals surface area contributed by atoms with E-state index in [4.69, 9.17) is 0 Å². The van der Waals surface area contributed by atoms with E-state index in [1.807, 2.05) is 12.1 Å². The fraction of sp³-hybridized carbons (Fsp3) is 0.632. The lowest BCUT2D eigenvalue weighted by Gasteiger charge is -2.55. The molecule has 7 heteroatoms. The lowest BCUT2D eigenvalue weighted by atomic mass is 9.73. The van der Waals surface area contributed by atoms with Crippen LogP contribution in [0.25, 0.3) is 11.0 Å². The van der Waals surface area contributed by atoms with Crippen molar-refractivity contribution in [2.75, 3.05) is 26.2 Å². The SMILES string of the molecule is O=C(NC[C@H]1[C@@H]2CNC[C@@H](C2)[C@@H]2CCCCN21)c1ccc2n[nH]nc2c1. The van der Waals surface area contributed by atoms with E-state index in [2.05, 4.69) is 30.9 Å². The summed E-state index contributed by atoms with van der Waals surface area (Å²) in [6.45, 7) is 4.15. The summed E-state index contributed by atoms with van der Waals surface area (Å²) in [5.74, 6) is 1.41. The van der Waals surface area contributed by atoms with Gasteiger partial charge in [0.15, 0.2) is 0 Å². The first-order chi connectivity index (χ1) is 12.8. The zero-order chi connectivity index (χ0) is 17.5. The van der Waals surface area contributed by atoms with Crippen molar-refractivity contribution in [3.63, 3.8) is 0 Å². The van der Waals surface area contributed by atoms with Crippen molar-refractivity contribution in [1.29, 1.82) is 0 Å². The van der Waals surface area contributed by atoms with Gasteiger partial charge in [-0.2, -0.15) is 15.4 Å². The Morgan fingerprint density at radius 2 is 2.08 bits per heavy atom. The van der Waals surface area contributed by atoms with Crippen molar-refractivity contribution < 1.29 is 4.79 Å². The van der Waals surface area contributed by atoms with Crippen LogP contribution >= 0.6 is 0 Å². The van der Waals surface area contributed by atoms with Gasteiger partial charge in [0.1, 0.15) is 11.0 Å². The average molecular weight is 354 g/mol. The monoisotopic (exact) mass is 354 g/mol. The number of carbonyl (C=O) groups is 1. The van der Waals surface area contributed by atoms with Crippen molar-refractivity contribution in [3.05, 3.63) is 23.8 Å². The molecule has 4 heterocycles. The fourth-order valence-corrected chi connectivity index (χ4v) is 5.33. The van der Waals surface area contributed by atoms with Crippen molar-refractivity contribution in [1.82, 2.24) is 30.9 Å². The van der Waals surface area contributed by atoms with Gasteiger partial charge < -0.3 is 10.6 Å². The zero-order valence-corrected chi connectivity index (χ0v) is 14.9. The molecule has 1 aromatic heterocycles. The largest absolute Gasteiger partial charge is 0.350 e. The minimum absolute atomic E-state index is 0.0191. The molecule has 3 aliphatic heterocycles. The highest BCUT2D eigenvalue weighted by molar-refractivity contribution is 5.97. The number of rotatable bonds is 3. The van der Waals surface area contributed by atoms with Gasteiger partial charge in [-0.3, -0.25) is 9.69 Å². The Morgan fingerprint density at radius 1 is 1.19 bits per heavy atom. The van der Waals surface area contributed by atoms with Crippen LogP contribution in [-0.4, -0.2) is 64.5 Å². The second-order valence-corrected chi connectivity index (χ2v) is 8.02. The minimum atomic E-state index is -0.0191. The molecule has 5 rings (SSSR count). The predicted molar refractivity (Wildman–Crippen MR) is 98.8 cm³/mol. The van der Waals surface area contributed by atoms with E-state index in [9.17, 15) is 4.79 Å². The van der Waals surface area contributed by atoms with Gasteiger partial charge >= 0.3 is 0 Å². The summed E-state index contributed by atoms with van der Waals surface area (Å²) in [7, 11) is 0. The minimum Gasteiger partial charge on any atom is -0.350 e. The van der Waals surface area contributed by atoms with Crippen LogP contribution in [0.2, 0.25) is 0 Å². The summed E-state index contributed by atoms with van der Waals surface area (Å²) < 4.78 is 0. The Kier molecular flexibility index (Phi) is 4.13. The van der Waals surface area contributed by atoms with Crippen molar-refractivity contribution >= 4 is 16.9 Å². The lowest BCUT2D eigenvalue weighted by Crippen LogP contribution is -2.65. The fourth-order valence-electron chi connectivity index (χ4n) is 5.33. The van der Waals surface area contributed by atoms with E-state index in [0.717, 1.165) is 36.6 Å². The standard InChI is InChI=1S/C19H26N6O/c26-19(12-4-5-15-16(8-12)23-24-22-15)21-11-18-14-7-13(9-20-10-14)17-3-1-2-6-25(17)18/h4-5,8,13-14,17-18,20H,1-3,6-7,9-11H2,(H,21,26)(H,22,23,24)/t13-,14+,17+,18+/m1/s1. The van der Waals surface area contributed by atoms with Gasteiger partial charge in [0.25, 0.3) is 5.91 Å². The Balaban J connectivity index is 1.30. The number of H-pyrrole nitrogens is 1. The first-order valence-corrected chi connectivity index (χ1v) is 9.85. The maximum atomic E-state index is 12.7. The molecule has 4 atom stereocenters. The highest BCUT2D eigenvalue weighted by Crippen LogP contribution is 2.38. The highest BCUT2D eigenvalue weighted by atomic mass is 16.1. The number of nitrogens with one attached hydrogen (secondary N) is 3. The van der Waals surface area contributed by atoms with E-state index in [1.165, 1.54) is 32.2 Å². The topological polar surface area (TPSA) is 85.9 Å². The molecule has 0 spiro atoms. The smallest absolute Gasteiger partial charge is 0.251 e. The van der Waals surface area contributed by atoms with Crippen LogP contribution in [0.5, 0.6) is 0 Å². The number of piperidine rings is 3. The van der Waals surface area contributed by atoms with E-state index >= 15 is 0 Å². The van der Waals surface area contributed by atoms with Crippen LogP contribution in [0.3, 0.4) is 0 Å². The summed E-state index contributed by atoms with van der Waals surface area (Å²) >= 11 is 0. The molecular formula is C19H26N6O. The zero-order valence-electron chi connectivity index (χ0n) is 14.9. The van der Waals surface area contributed by atoms with Crippen molar-refractivity contribution in [3.8, 4) is 0 Å². The number of nitrogens with zero attached hydrogens (tertiary/aromatic N) is 3. The number of aromatic nitrogens is 3. The lowest BCUT2D eigenvalue weighted by molar-refractivity contribution is -0.0371. The van der Waals surface area contributed by atoms with Gasteiger partial charge in [-0.1, -0.05) is 6.42 Å². The second kappa shape index (κ2) is 6.63. The van der Waals surface area contributed by atoms with Crippen LogP contribution in [0.15, 0.2) is 18.2 Å². The van der Waals surface area contributed by atoms with Gasteiger partial charge in [-0.15, -0.1) is 0 Å². The highest BCUT2D eigenvalue weighted by Gasteiger charge is 2.45. The average Bonchev–Trinajstić information content (AvgIpc) is 3.16. The number of amides is 1. The van der Waals surface area contributed by atoms with Crippen LogP contribution in [0.4, 0.5) is 0 Å². The molecule has 0 unspecified atom stereocenters. The van der Waals surface area contributed by atoms with Gasteiger partial charge in [0, 0.05) is 24.2 Å². The summed E-state index contributed by atoms with van der Waals surface area (Å²) in [5, 5.41) is 17.5. The molecule has 3 N–H and O–H groups in total. The van der Waals surface area contributed by atoms with Crippen molar-refractivity contribution in [2.45, 2.75) is 37.8 Å². The number of benzene rings is 1. The molecule has 2 bridgehead atoms. The van der Waals surface area contributed by atoms with E-state index < -0.39 is 0 Å². The van der Waals surface area contributed by atoms with Gasteiger partial charge in [0.05, 0.1) is 0 Å². The van der Waals surface area contributed by atoms with Gasteiger partial charge in [-0.25, -0.2) is 0 Å².